The first kappa shape index (κ1) is 24.4. The van der Waals surface area contributed by atoms with Gasteiger partial charge in [-0.15, -0.1) is 11.3 Å². The van der Waals surface area contributed by atoms with E-state index >= 15 is 0 Å². The first-order chi connectivity index (χ1) is 16.7. The van der Waals surface area contributed by atoms with Crippen molar-refractivity contribution < 1.29 is 19.0 Å². The van der Waals surface area contributed by atoms with Crippen LogP contribution >= 0.6 is 18.7 Å². The molecule has 0 aliphatic rings. The lowest BCUT2D eigenvalue weighted by atomic mass is 10.1. The molecule has 0 aliphatic heterocycles. The number of hydrogen-bond acceptors (Lipinski definition) is 5. The molecule has 3 aromatic carbocycles. The highest BCUT2D eigenvalue weighted by atomic mass is 32.1. The normalized spacial score (nSPS) is 12.6. The molecular formula is C26H24N3O4PS. The van der Waals surface area contributed by atoms with Crippen molar-refractivity contribution in [3.05, 3.63) is 101 Å². The van der Waals surface area contributed by atoms with Crippen molar-refractivity contribution in [2.75, 3.05) is 11.1 Å². The Hall–Kier alpha value is -3.71. The van der Waals surface area contributed by atoms with Gasteiger partial charge in [0.2, 0.25) is 13.3 Å². The summed E-state index contributed by atoms with van der Waals surface area (Å²) in [6, 6.07) is 22.4. The first-order valence-corrected chi connectivity index (χ1v) is 13.5. The molecule has 0 aliphatic carbocycles. The van der Waals surface area contributed by atoms with Crippen LogP contribution in [0.15, 0.2) is 84.2 Å². The van der Waals surface area contributed by atoms with Gasteiger partial charge in [0.15, 0.2) is 0 Å². The molecule has 9 heteroatoms. The number of thiophene rings is 1. The average molecular weight is 506 g/mol. The minimum absolute atomic E-state index is 0.114. The van der Waals surface area contributed by atoms with Crippen molar-refractivity contribution in [1.82, 2.24) is 0 Å². The standard InChI is InChI=1S/C26H24N3O4PS/c27-21-12-11-20(24-6-3-13-35-24)14-22(21)29-26(31)18-9-7-17(8-10-18)16-34(32,33)23-5-2-1-4-19(23)15-25(28)30/h1-14H,15-16,27H2,(H2,28,30)(H,29,31)(H,32,33). The SMILES string of the molecule is NC(=O)Cc1ccccc1P(=O)(O)Cc1ccc(C(=O)Nc2cc(-c3cccs3)ccc2N)cc1. The zero-order valence-corrected chi connectivity index (χ0v) is 20.4. The minimum atomic E-state index is -3.81. The molecule has 0 bridgehead atoms. The van der Waals surface area contributed by atoms with Crippen LogP contribution in [0.2, 0.25) is 0 Å². The van der Waals surface area contributed by atoms with Gasteiger partial charge in [-0.1, -0.05) is 42.5 Å². The number of rotatable bonds is 8. The summed E-state index contributed by atoms with van der Waals surface area (Å²) < 4.78 is 13.1. The molecule has 0 spiro atoms. The molecule has 6 N–H and O–H groups in total. The summed E-state index contributed by atoms with van der Waals surface area (Å²) in [5.74, 6) is -0.917. The Kier molecular flexibility index (Phi) is 7.17. The molecule has 0 saturated carbocycles. The highest BCUT2D eigenvalue weighted by molar-refractivity contribution is 7.65. The summed E-state index contributed by atoms with van der Waals surface area (Å²) in [6.07, 6.45) is -0.253. The van der Waals surface area contributed by atoms with Crippen LogP contribution < -0.4 is 22.1 Å². The predicted molar refractivity (Wildman–Crippen MR) is 141 cm³/mol. The van der Waals surface area contributed by atoms with Crippen molar-refractivity contribution in [3.63, 3.8) is 0 Å². The molecule has 7 nitrogen and oxygen atoms in total. The topological polar surface area (TPSA) is 136 Å². The molecule has 0 radical (unpaired) electrons. The number of primary amides is 1. The molecule has 4 rings (SSSR count). The Bertz CT molecular complexity index is 1420. The van der Waals surface area contributed by atoms with Gasteiger partial charge < -0.3 is 21.7 Å². The van der Waals surface area contributed by atoms with E-state index in [-0.39, 0.29) is 23.8 Å². The van der Waals surface area contributed by atoms with Crippen molar-refractivity contribution >= 4 is 47.2 Å². The van der Waals surface area contributed by atoms with Crippen molar-refractivity contribution in [3.8, 4) is 10.4 Å². The van der Waals surface area contributed by atoms with Crippen LogP contribution in [0.4, 0.5) is 11.4 Å². The molecule has 1 atom stereocenters. The largest absolute Gasteiger partial charge is 0.397 e. The monoisotopic (exact) mass is 505 g/mol. The highest BCUT2D eigenvalue weighted by Crippen LogP contribution is 2.44. The molecule has 1 heterocycles. The Morgan fingerprint density at radius 3 is 2.40 bits per heavy atom. The molecule has 0 saturated heterocycles. The highest BCUT2D eigenvalue weighted by Gasteiger charge is 2.25. The Morgan fingerprint density at radius 1 is 0.971 bits per heavy atom. The molecule has 4 aromatic rings. The zero-order chi connectivity index (χ0) is 25.0. The fraction of sp³-hybridized carbons (Fsp3) is 0.0769. The Labute approximate surface area is 206 Å². The molecule has 178 valence electrons. The van der Waals surface area contributed by atoms with Gasteiger partial charge in [-0.2, -0.15) is 0 Å². The third kappa shape index (κ3) is 5.87. The number of carbonyl (C=O) groups excluding carboxylic acids is 2. The summed E-state index contributed by atoms with van der Waals surface area (Å²) in [5.41, 5.74) is 14.7. The van der Waals surface area contributed by atoms with Gasteiger partial charge in [-0.3, -0.25) is 14.2 Å². The number of nitrogen functional groups attached to an aromatic ring is 1. The number of amides is 2. The summed E-state index contributed by atoms with van der Waals surface area (Å²) in [5, 5.41) is 5.03. The fourth-order valence-corrected chi connectivity index (χ4v) is 6.26. The van der Waals surface area contributed by atoms with E-state index in [0.717, 1.165) is 10.4 Å². The van der Waals surface area contributed by atoms with E-state index in [1.165, 1.54) is 6.07 Å². The maximum atomic E-state index is 13.1. The molecule has 0 fully saturated rings. The van der Waals surface area contributed by atoms with E-state index in [4.69, 9.17) is 11.5 Å². The molecular weight excluding hydrogens is 481 g/mol. The van der Waals surface area contributed by atoms with Crippen LogP contribution in [-0.2, 0) is 21.9 Å². The Morgan fingerprint density at radius 2 is 1.71 bits per heavy atom. The van der Waals surface area contributed by atoms with Crippen molar-refractivity contribution in [1.29, 1.82) is 0 Å². The second-order valence-electron chi connectivity index (χ2n) is 8.06. The fourth-order valence-electron chi connectivity index (χ4n) is 3.74. The molecule has 1 unspecified atom stereocenters. The van der Waals surface area contributed by atoms with E-state index in [2.05, 4.69) is 5.32 Å². The second-order valence-corrected chi connectivity index (χ2v) is 11.2. The van der Waals surface area contributed by atoms with Gasteiger partial charge in [0.05, 0.1) is 24.0 Å². The summed E-state index contributed by atoms with van der Waals surface area (Å²) in [6.45, 7) is 0. The van der Waals surface area contributed by atoms with Crippen LogP contribution in [0.1, 0.15) is 21.5 Å². The lowest BCUT2D eigenvalue weighted by Crippen LogP contribution is -2.20. The number of nitrogens with two attached hydrogens (primary N) is 2. The van der Waals surface area contributed by atoms with Gasteiger partial charge in [0.25, 0.3) is 5.91 Å². The zero-order valence-electron chi connectivity index (χ0n) is 18.7. The average Bonchev–Trinajstić information content (AvgIpc) is 3.35. The second kappa shape index (κ2) is 10.3. The van der Waals surface area contributed by atoms with Gasteiger partial charge in [-0.25, -0.2) is 0 Å². The van der Waals surface area contributed by atoms with E-state index in [1.807, 2.05) is 29.6 Å². The van der Waals surface area contributed by atoms with Crippen molar-refractivity contribution in [2.45, 2.75) is 12.6 Å². The smallest absolute Gasteiger partial charge is 0.255 e. The maximum Gasteiger partial charge on any atom is 0.255 e. The van der Waals surface area contributed by atoms with E-state index < -0.39 is 13.3 Å². The molecule has 2 amide bonds. The van der Waals surface area contributed by atoms with Crippen LogP contribution in [0.5, 0.6) is 0 Å². The van der Waals surface area contributed by atoms with Gasteiger partial charge >= 0.3 is 0 Å². The third-order valence-corrected chi connectivity index (χ3v) is 8.35. The van der Waals surface area contributed by atoms with E-state index in [9.17, 15) is 19.0 Å². The molecule has 1 aromatic heterocycles. The number of nitrogens with one attached hydrogen (secondary N) is 1. The lowest BCUT2D eigenvalue weighted by Gasteiger charge is -2.16. The van der Waals surface area contributed by atoms with Crippen molar-refractivity contribution in [2.24, 2.45) is 5.73 Å². The maximum absolute atomic E-state index is 13.1. The first-order valence-electron chi connectivity index (χ1n) is 10.8. The summed E-state index contributed by atoms with van der Waals surface area (Å²) in [4.78, 5) is 36.0. The van der Waals surface area contributed by atoms with E-state index in [0.29, 0.717) is 28.1 Å². The summed E-state index contributed by atoms with van der Waals surface area (Å²) in [7, 11) is -3.81. The molecule has 35 heavy (non-hydrogen) atoms. The number of carbonyl (C=O) groups is 2. The van der Waals surface area contributed by atoms with Gasteiger partial charge in [-0.05, 0) is 58.5 Å². The van der Waals surface area contributed by atoms with Gasteiger partial charge in [0, 0.05) is 15.7 Å². The van der Waals surface area contributed by atoms with Crippen LogP contribution in [0.3, 0.4) is 0 Å². The lowest BCUT2D eigenvalue weighted by molar-refractivity contribution is -0.117. The van der Waals surface area contributed by atoms with E-state index in [1.54, 1.807) is 59.9 Å². The number of benzene rings is 3. The minimum Gasteiger partial charge on any atom is -0.397 e. The Balaban J connectivity index is 1.49. The van der Waals surface area contributed by atoms with Crippen LogP contribution in [0.25, 0.3) is 10.4 Å². The summed E-state index contributed by atoms with van der Waals surface area (Å²) >= 11 is 1.59. The third-order valence-electron chi connectivity index (χ3n) is 5.45. The number of anilines is 2. The van der Waals surface area contributed by atoms with Crippen LogP contribution in [0, 0.1) is 0 Å². The quantitative estimate of drug-likeness (QED) is 0.208. The predicted octanol–water partition coefficient (Wildman–Crippen LogP) is 4.37. The van der Waals surface area contributed by atoms with Gasteiger partial charge in [0.1, 0.15) is 0 Å². The van der Waals surface area contributed by atoms with Crippen LogP contribution in [-0.4, -0.2) is 16.7 Å². The number of hydrogen-bond donors (Lipinski definition) is 4.